The molecule has 0 N–H and O–H groups in total. The summed E-state index contributed by atoms with van der Waals surface area (Å²) in [6.07, 6.45) is 1.60. The van der Waals surface area contributed by atoms with Crippen LogP contribution < -0.4 is 4.74 Å². The molecule has 0 unspecified atom stereocenters. The van der Waals surface area contributed by atoms with Crippen LogP contribution in [0.5, 0.6) is 5.75 Å². The van der Waals surface area contributed by atoms with Crippen molar-refractivity contribution < 1.29 is 4.74 Å². The minimum absolute atomic E-state index is 0.756. The van der Waals surface area contributed by atoms with Crippen molar-refractivity contribution in [1.29, 1.82) is 0 Å². The Labute approximate surface area is 152 Å². The maximum Gasteiger partial charge on any atom is 0.197 e. The van der Waals surface area contributed by atoms with Crippen LogP contribution >= 0.6 is 23.1 Å². The van der Waals surface area contributed by atoms with Crippen LogP contribution in [0, 0.1) is 6.92 Å². The molecule has 0 atom stereocenters. The van der Waals surface area contributed by atoms with Gasteiger partial charge >= 0.3 is 0 Å². The summed E-state index contributed by atoms with van der Waals surface area (Å²) in [5.74, 6) is 1.53. The van der Waals surface area contributed by atoms with Crippen LogP contribution in [0.2, 0.25) is 0 Å². The lowest BCUT2D eigenvalue weighted by atomic mass is 10.2. The average molecular weight is 369 g/mol. The van der Waals surface area contributed by atoms with Gasteiger partial charge in [-0.15, -0.1) is 21.5 Å². The van der Waals surface area contributed by atoms with E-state index in [0.29, 0.717) is 0 Å². The largest absolute Gasteiger partial charge is 0.496 e. The number of aromatic nitrogens is 5. The van der Waals surface area contributed by atoms with Crippen LogP contribution in [0.15, 0.2) is 46.8 Å². The molecule has 3 heterocycles. The van der Waals surface area contributed by atoms with Crippen LogP contribution in [0.1, 0.15) is 4.88 Å². The number of para-hydroxylation sites is 1. The highest BCUT2D eigenvalue weighted by molar-refractivity contribution is 7.99. The predicted molar refractivity (Wildman–Crippen MR) is 99.3 cm³/mol. The number of hydrogen-bond donors (Lipinski definition) is 0. The van der Waals surface area contributed by atoms with E-state index in [1.54, 1.807) is 24.8 Å². The molecule has 0 amide bonds. The van der Waals surface area contributed by atoms with Crippen LogP contribution in [0.4, 0.5) is 0 Å². The molecule has 0 spiro atoms. The first-order valence-corrected chi connectivity index (χ1v) is 9.22. The lowest BCUT2D eigenvalue weighted by Gasteiger charge is -2.08. The molecule has 0 aliphatic rings. The Hall–Kier alpha value is -2.45. The molecule has 0 aliphatic heterocycles. The van der Waals surface area contributed by atoms with Gasteiger partial charge in [0, 0.05) is 17.3 Å². The van der Waals surface area contributed by atoms with E-state index in [0.717, 1.165) is 37.5 Å². The Kier molecular flexibility index (Phi) is 4.14. The van der Waals surface area contributed by atoms with Crippen molar-refractivity contribution in [2.24, 2.45) is 7.05 Å². The fourth-order valence-corrected chi connectivity index (χ4v) is 4.34. The molecule has 6 nitrogen and oxygen atoms in total. The standard InChI is InChI=1S/C17H15N5OS2/c1-10-8-12-15(24-10)18-9-19-16(12)25-17-21-20-14(22(17)2)11-6-4-5-7-13(11)23-3/h4-9H,1-3H3. The van der Waals surface area contributed by atoms with E-state index in [4.69, 9.17) is 4.74 Å². The normalized spacial score (nSPS) is 11.2. The smallest absolute Gasteiger partial charge is 0.197 e. The van der Waals surface area contributed by atoms with Crippen LogP contribution in [0.3, 0.4) is 0 Å². The second kappa shape index (κ2) is 6.45. The number of ether oxygens (including phenoxy) is 1. The lowest BCUT2D eigenvalue weighted by molar-refractivity contribution is 0.416. The van der Waals surface area contributed by atoms with E-state index in [1.807, 2.05) is 35.9 Å². The van der Waals surface area contributed by atoms with Gasteiger partial charge in [0.2, 0.25) is 0 Å². The molecular weight excluding hydrogens is 354 g/mol. The number of methoxy groups -OCH3 is 1. The first-order valence-electron chi connectivity index (χ1n) is 7.59. The predicted octanol–water partition coefficient (Wildman–Crippen LogP) is 3.96. The Morgan fingerprint density at radius 2 is 2.00 bits per heavy atom. The molecule has 0 aliphatic carbocycles. The molecule has 1 aromatic carbocycles. The summed E-state index contributed by atoms with van der Waals surface area (Å²) in [4.78, 5) is 11.0. The SMILES string of the molecule is COc1ccccc1-c1nnc(Sc2ncnc3sc(C)cc23)n1C. The summed E-state index contributed by atoms with van der Waals surface area (Å²) >= 11 is 3.15. The fraction of sp³-hybridized carbons (Fsp3) is 0.176. The number of nitrogens with zero attached hydrogens (tertiary/aromatic N) is 5. The number of rotatable bonds is 4. The van der Waals surface area contributed by atoms with Gasteiger partial charge in [-0.1, -0.05) is 12.1 Å². The molecule has 126 valence electrons. The zero-order valence-electron chi connectivity index (χ0n) is 13.9. The van der Waals surface area contributed by atoms with E-state index in [1.165, 1.54) is 16.6 Å². The van der Waals surface area contributed by atoms with Gasteiger partial charge in [-0.25, -0.2) is 9.97 Å². The number of thiophene rings is 1. The van der Waals surface area contributed by atoms with Gasteiger partial charge in [-0.05, 0) is 36.9 Å². The number of benzene rings is 1. The van der Waals surface area contributed by atoms with E-state index in [2.05, 4.69) is 33.2 Å². The van der Waals surface area contributed by atoms with Gasteiger partial charge < -0.3 is 9.30 Å². The monoisotopic (exact) mass is 369 g/mol. The third-order valence-corrected chi connectivity index (χ3v) is 5.80. The Balaban J connectivity index is 1.74. The zero-order valence-corrected chi connectivity index (χ0v) is 15.6. The Morgan fingerprint density at radius 3 is 2.84 bits per heavy atom. The molecule has 4 aromatic rings. The van der Waals surface area contributed by atoms with Crippen molar-refractivity contribution in [2.75, 3.05) is 7.11 Å². The molecule has 0 saturated heterocycles. The third-order valence-electron chi connectivity index (χ3n) is 3.79. The van der Waals surface area contributed by atoms with E-state index in [-0.39, 0.29) is 0 Å². The molecule has 0 saturated carbocycles. The van der Waals surface area contributed by atoms with Gasteiger partial charge in [0.05, 0.1) is 12.7 Å². The Bertz CT molecular complexity index is 1060. The number of aryl methyl sites for hydroxylation is 1. The van der Waals surface area contributed by atoms with Gasteiger partial charge in [-0.2, -0.15) is 0 Å². The van der Waals surface area contributed by atoms with E-state index >= 15 is 0 Å². The van der Waals surface area contributed by atoms with Gasteiger partial charge in [0.25, 0.3) is 0 Å². The van der Waals surface area contributed by atoms with Crippen molar-refractivity contribution in [3.8, 4) is 17.1 Å². The first-order chi connectivity index (χ1) is 12.2. The second-order valence-electron chi connectivity index (χ2n) is 5.42. The van der Waals surface area contributed by atoms with Gasteiger partial charge in [0.15, 0.2) is 11.0 Å². The van der Waals surface area contributed by atoms with Crippen molar-refractivity contribution in [3.05, 3.63) is 41.5 Å². The highest BCUT2D eigenvalue weighted by atomic mass is 32.2. The molecule has 25 heavy (non-hydrogen) atoms. The second-order valence-corrected chi connectivity index (χ2v) is 7.61. The summed E-state index contributed by atoms with van der Waals surface area (Å²) < 4.78 is 7.39. The molecule has 3 aromatic heterocycles. The Morgan fingerprint density at radius 1 is 1.16 bits per heavy atom. The maximum atomic E-state index is 5.44. The summed E-state index contributed by atoms with van der Waals surface area (Å²) in [5.41, 5.74) is 0.908. The van der Waals surface area contributed by atoms with E-state index in [9.17, 15) is 0 Å². The molecular formula is C17H15N5OS2. The van der Waals surface area contributed by atoms with Crippen LogP contribution in [-0.4, -0.2) is 31.8 Å². The highest BCUT2D eigenvalue weighted by Crippen LogP contribution is 2.35. The zero-order chi connectivity index (χ0) is 17.4. The molecule has 0 radical (unpaired) electrons. The first kappa shape index (κ1) is 16.0. The van der Waals surface area contributed by atoms with Crippen molar-refractivity contribution in [3.63, 3.8) is 0 Å². The summed E-state index contributed by atoms with van der Waals surface area (Å²) in [6, 6.07) is 9.90. The minimum Gasteiger partial charge on any atom is -0.496 e. The maximum absolute atomic E-state index is 5.44. The lowest BCUT2D eigenvalue weighted by Crippen LogP contribution is -1.97. The van der Waals surface area contributed by atoms with Crippen molar-refractivity contribution >= 4 is 33.3 Å². The molecule has 8 heteroatoms. The quantitative estimate of drug-likeness (QED) is 0.507. The van der Waals surface area contributed by atoms with Crippen LogP contribution in [0.25, 0.3) is 21.6 Å². The van der Waals surface area contributed by atoms with Crippen molar-refractivity contribution in [1.82, 2.24) is 24.7 Å². The topological polar surface area (TPSA) is 65.7 Å². The summed E-state index contributed by atoms with van der Waals surface area (Å²) in [7, 11) is 3.60. The molecule has 0 bridgehead atoms. The molecule has 4 rings (SSSR count). The molecule has 0 fully saturated rings. The minimum atomic E-state index is 0.756. The summed E-state index contributed by atoms with van der Waals surface area (Å²) in [6.45, 7) is 2.07. The van der Waals surface area contributed by atoms with Gasteiger partial charge in [-0.3, -0.25) is 0 Å². The van der Waals surface area contributed by atoms with Crippen LogP contribution in [-0.2, 0) is 7.05 Å². The third kappa shape index (κ3) is 2.87. The fourth-order valence-electron chi connectivity index (χ4n) is 2.59. The summed E-state index contributed by atoms with van der Waals surface area (Å²) in [5, 5.41) is 11.4. The van der Waals surface area contributed by atoms with Crippen molar-refractivity contribution in [2.45, 2.75) is 17.1 Å². The van der Waals surface area contributed by atoms with Gasteiger partial charge in [0.1, 0.15) is 21.9 Å². The average Bonchev–Trinajstić information content (AvgIpc) is 3.18. The highest BCUT2D eigenvalue weighted by Gasteiger charge is 2.17. The number of fused-ring (bicyclic) bond motifs is 1. The van der Waals surface area contributed by atoms with E-state index < -0.39 is 0 Å². The number of hydrogen-bond acceptors (Lipinski definition) is 7.